The number of hydrogen-bond donors (Lipinski definition) is 1. The van der Waals surface area contributed by atoms with Gasteiger partial charge in [-0.05, 0) is 61.4 Å². The average molecular weight is 341 g/mol. The van der Waals surface area contributed by atoms with Crippen LogP contribution in [0.5, 0.6) is 0 Å². The first-order valence-electron chi connectivity index (χ1n) is 7.95. The number of nitrogens with one attached hydrogen (secondary N) is 1. The molecule has 120 valence electrons. The maximum Gasteiger partial charge on any atom is 0.226 e. The van der Waals surface area contributed by atoms with Crippen molar-refractivity contribution in [3.63, 3.8) is 0 Å². The molecule has 1 aromatic carbocycles. The number of hydrogen-bond acceptors (Lipinski definition) is 2. The number of piperidine rings is 1. The molecule has 0 radical (unpaired) electrons. The molecule has 1 atom stereocenters. The fourth-order valence-electron chi connectivity index (χ4n) is 4.15. The van der Waals surface area contributed by atoms with Crippen molar-refractivity contribution in [2.45, 2.75) is 32.2 Å². The second-order valence-corrected chi connectivity index (χ2v) is 7.16. The third kappa shape index (κ3) is 2.64. The molecule has 3 aliphatic rings. The Morgan fingerprint density at radius 3 is 2.86 bits per heavy atom. The summed E-state index contributed by atoms with van der Waals surface area (Å²) >= 11 is 6.25. The van der Waals surface area contributed by atoms with Crippen LogP contribution >= 0.6 is 24.0 Å². The largest absolute Gasteiger partial charge is 0.338 e. The summed E-state index contributed by atoms with van der Waals surface area (Å²) in [7, 11) is 0. The Labute approximate surface area is 142 Å². The Balaban J connectivity index is 0.00000144. The molecule has 1 unspecified atom stereocenters. The van der Waals surface area contributed by atoms with Crippen LogP contribution in [0.1, 0.15) is 30.4 Å². The van der Waals surface area contributed by atoms with E-state index in [1.165, 1.54) is 24.0 Å². The van der Waals surface area contributed by atoms with Gasteiger partial charge in [-0.25, -0.2) is 0 Å². The molecule has 0 bridgehead atoms. The highest BCUT2D eigenvalue weighted by molar-refractivity contribution is 6.31. The van der Waals surface area contributed by atoms with Crippen LogP contribution in [0.4, 0.5) is 0 Å². The predicted octanol–water partition coefficient (Wildman–Crippen LogP) is 3.04. The van der Waals surface area contributed by atoms with E-state index in [0.29, 0.717) is 11.3 Å². The van der Waals surface area contributed by atoms with Gasteiger partial charge in [0.1, 0.15) is 0 Å². The molecule has 3 nitrogen and oxygen atoms in total. The normalized spacial score (nSPS) is 25.3. The van der Waals surface area contributed by atoms with E-state index in [1.807, 2.05) is 12.1 Å². The van der Waals surface area contributed by atoms with Crippen LogP contribution in [0.25, 0.3) is 0 Å². The standard InChI is InChI=1S/C17H21ClN2O.ClH/c18-15-3-1-2-12-11-20(9-4-13(12)15)16(21)14-10-17(14)5-7-19-8-6-17;/h1-3,14,19H,4-11H2;1H. The number of carbonyl (C=O) groups excluding carboxylic acids is 1. The minimum absolute atomic E-state index is 0. The first kappa shape index (κ1) is 16.1. The van der Waals surface area contributed by atoms with E-state index in [4.69, 9.17) is 11.6 Å². The van der Waals surface area contributed by atoms with Gasteiger partial charge < -0.3 is 10.2 Å². The lowest BCUT2D eigenvalue weighted by Gasteiger charge is -2.31. The molecule has 1 saturated heterocycles. The van der Waals surface area contributed by atoms with E-state index < -0.39 is 0 Å². The summed E-state index contributed by atoms with van der Waals surface area (Å²) < 4.78 is 0. The topological polar surface area (TPSA) is 32.3 Å². The quantitative estimate of drug-likeness (QED) is 0.852. The zero-order valence-electron chi connectivity index (χ0n) is 12.6. The smallest absolute Gasteiger partial charge is 0.226 e. The zero-order valence-corrected chi connectivity index (χ0v) is 14.2. The van der Waals surface area contributed by atoms with Gasteiger partial charge in [0.15, 0.2) is 0 Å². The van der Waals surface area contributed by atoms with Crippen molar-refractivity contribution < 1.29 is 4.79 Å². The van der Waals surface area contributed by atoms with Crippen molar-refractivity contribution in [2.24, 2.45) is 11.3 Å². The first-order valence-corrected chi connectivity index (χ1v) is 8.33. The second-order valence-electron chi connectivity index (χ2n) is 6.76. The van der Waals surface area contributed by atoms with Crippen molar-refractivity contribution in [2.75, 3.05) is 19.6 Å². The lowest BCUT2D eigenvalue weighted by molar-refractivity contribution is -0.134. The molecule has 2 heterocycles. The molecule has 4 rings (SSSR count). The highest BCUT2D eigenvalue weighted by Crippen LogP contribution is 2.59. The van der Waals surface area contributed by atoms with Crippen LogP contribution < -0.4 is 5.32 Å². The van der Waals surface area contributed by atoms with Crippen molar-refractivity contribution in [1.29, 1.82) is 0 Å². The van der Waals surface area contributed by atoms with Crippen LogP contribution in [-0.4, -0.2) is 30.4 Å². The lowest BCUT2D eigenvalue weighted by Crippen LogP contribution is -2.39. The summed E-state index contributed by atoms with van der Waals surface area (Å²) in [6, 6.07) is 6.04. The minimum atomic E-state index is 0. The van der Waals surface area contributed by atoms with Crippen molar-refractivity contribution in [3.05, 3.63) is 34.3 Å². The Morgan fingerprint density at radius 2 is 2.09 bits per heavy atom. The molecule has 0 aromatic heterocycles. The number of carbonyl (C=O) groups is 1. The van der Waals surface area contributed by atoms with Gasteiger partial charge in [0.05, 0.1) is 0 Å². The number of fused-ring (bicyclic) bond motifs is 1. The van der Waals surface area contributed by atoms with E-state index >= 15 is 0 Å². The summed E-state index contributed by atoms with van der Waals surface area (Å²) in [6.07, 6.45) is 4.33. The third-order valence-electron chi connectivity index (χ3n) is 5.61. The Kier molecular flexibility index (Phi) is 4.41. The van der Waals surface area contributed by atoms with Gasteiger partial charge in [-0.2, -0.15) is 0 Å². The van der Waals surface area contributed by atoms with Gasteiger partial charge in [-0.15, -0.1) is 12.4 Å². The maximum absolute atomic E-state index is 12.8. The average Bonchev–Trinajstić information content (AvgIpc) is 3.20. The number of amides is 1. The molecule has 1 aliphatic carbocycles. The molecular formula is C17H22Cl2N2O. The lowest BCUT2D eigenvalue weighted by atomic mass is 9.91. The first-order chi connectivity index (χ1) is 10.2. The van der Waals surface area contributed by atoms with Gasteiger partial charge in [0, 0.05) is 24.0 Å². The number of halogens is 2. The number of nitrogens with zero attached hydrogens (tertiary/aromatic N) is 1. The molecule has 1 aromatic rings. The molecular weight excluding hydrogens is 319 g/mol. The maximum atomic E-state index is 12.8. The third-order valence-corrected chi connectivity index (χ3v) is 5.96. The Bertz CT molecular complexity index is 584. The van der Waals surface area contributed by atoms with Gasteiger partial charge >= 0.3 is 0 Å². The van der Waals surface area contributed by atoms with E-state index in [2.05, 4.69) is 16.3 Å². The summed E-state index contributed by atoms with van der Waals surface area (Å²) in [6.45, 7) is 3.70. The van der Waals surface area contributed by atoms with Crippen LogP contribution in [0.3, 0.4) is 0 Å². The van der Waals surface area contributed by atoms with Crippen molar-refractivity contribution >= 4 is 29.9 Å². The van der Waals surface area contributed by atoms with Gasteiger partial charge in [0.2, 0.25) is 5.91 Å². The molecule has 1 N–H and O–H groups in total. The molecule has 2 aliphatic heterocycles. The number of benzene rings is 1. The van der Waals surface area contributed by atoms with Crippen LogP contribution in [0.15, 0.2) is 18.2 Å². The highest BCUT2D eigenvalue weighted by Gasteiger charge is 2.58. The highest BCUT2D eigenvalue weighted by atomic mass is 35.5. The molecule has 1 saturated carbocycles. The minimum Gasteiger partial charge on any atom is -0.338 e. The molecule has 1 spiro atoms. The zero-order chi connectivity index (χ0) is 14.4. The van der Waals surface area contributed by atoms with Crippen LogP contribution in [0.2, 0.25) is 5.02 Å². The summed E-state index contributed by atoms with van der Waals surface area (Å²) in [5.74, 6) is 0.655. The van der Waals surface area contributed by atoms with Crippen molar-refractivity contribution in [3.8, 4) is 0 Å². The second kappa shape index (κ2) is 6.03. The SMILES string of the molecule is Cl.O=C(C1CC12CCNCC2)N1CCc2c(Cl)cccc2C1. The van der Waals surface area contributed by atoms with Gasteiger partial charge in [0.25, 0.3) is 0 Å². The fourth-order valence-corrected chi connectivity index (χ4v) is 4.43. The van der Waals surface area contributed by atoms with E-state index in [9.17, 15) is 4.79 Å². The van der Waals surface area contributed by atoms with E-state index in [0.717, 1.165) is 44.0 Å². The Morgan fingerprint density at radius 1 is 1.32 bits per heavy atom. The van der Waals surface area contributed by atoms with E-state index in [1.54, 1.807) is 0 Å². The predicted molar refractivity (Wildman–Crippen MR) is 90.5 cm³/mol. The summed E-state index contributed by atoms with van der Waals surface area (Å²) in [5, 5.41) is 4.25. The van der Waals surface area contributed by atoms with Crippen LogP contribution in [0, 0.1) is 11.3 Å². The molecule has 2 fully saturated rings. The van der Waals surface area contributed by atoms with Crippen LogP contribution in [-0.2, 0) is 17.8 Å². The fraction of sp³-hybridized carbons (Fsp3) is 0.588. The molecule has 5 heteroatoms. The summed E-state index contributed by atoms with van der Waals surface area (Å²) in [5.41, 5.74) is 2.79. The monoisotopic (exact) mass is 340 g/mol. The summed E-state index contributed by atoms with van der Waals surface area (Å²) in [4.78, 5) is 14.9. The number of rotatable bonds is 1. The van der Waals surface area contributed by atoms with Gasteiger partial charge in [-0.1, -0.05) is 23.7 Å². The molecule has 1 amide bonds. The van der Waals surface area contributed by atoms with Crippen molar-refractivity contribution in [1.82, 2.24) is 10.2 Å². The van der Waals surface area contributed by atoms with E-state index in [-0.39, 0.29) is 18.3 Å². The molecule has 22 heavy (non-hydrogen) atoms. The Hall–Kier alpha value is -0.770. The van der Waals surface area contributed by atoms with Gasteiger partial charge in [-0.3, -0.25) is 4.79 Å².